The fourth-order valence-corrected chi connectivity index (χ4v) is 29.6. The Labute approximate surface area is 785 Å². The van der Waals surface area contributed by atoms with E-state index in [0.717, 1.165) is 68.7 Å². The van der Waals surface area contributed by atoms with Gasteiger partial charge in [0, 0.05) is 42.1 Å². The van der Waals surface area contributed by atoms with E-state index in [0.29, 0.717) is 0 Å². The highest BCUT2D eigenvalue weighted by atomic mass is 32.1. The summed E-state index contributed by atoms with van der Waals surface area (Å²) in [5.41, 5.74) is 47.2. The molecule has 4 heterocycles. The number of hydrogen-bond donors (Lipinski definition) is 0. The van der Waals surface area contributed by atoms with Gasteiger partial charge in [-0.05, 0) is 322 Å². The summed E-state index contributed by atoms with van der Waals surface area (Å²) in [4.78, 5) is 10.8. The fourth-order valence-electron chi connectivity index (χ4n) is 28.5. The summed E-state index contributed by atoms with van der Waals surface area (Å²) < 4.78 is 8.88. The maximum atomic E-state index is 6.14. The molecule has 0 amide bonds. The number of para-hydroxylation sites is 1. The zero-order valence-electron chi connectivity index (χ0n) is 78.7. The van der Waals surface area contributed by atoms with Crippen LogP contribution in [0.15, 0.2) is 320 Å². The predicted octanol–water partition coefficient (Wildman–Crippen LogP) is 28.7. The average molecular weight is 1730 g/mol. The Kier molecular flexibility index (Phi) is 20.8. The Morgan fingerprint density at radius 1 is 0.250 bits per heavy atom. The summed E-state index contributed by atoms with van der Waals surface area (Å²) in [5, 5.41) is 5.11. The van der Waals surface area contributed by atoms with Gasteiger partial charge in [0.1, 0.15) is 11.2 Å². The molecule has 0 aliphatic heterocycles. The minimum Gasteiger partial charge on any atom is -0.456 e. The van der Waals surface area contributed by atoms with E-state index in [9.17, 15) is 0 Å². The van der Waals surface area contributed by atoms with Crippen molar-refractivity contribution in [2.75, 3.05) is 0 Å². The molecule has 4 unspecified atom stereocenters. The van der Waals surface area contributed by atoms with E-state index >= 15 is 0 Å². The van der Waals surface area contributed by atoms with E-state index in [2.05, 4.69) is 392 Å². The second kappa shape index (κ2) is 32.8. The number of fused-ring (bicyclic) bond motifs is 6. The molecule has 3 nitrogen and oxygen atoms in total. The molecule has 0 spiro atoms. The van der Waals surface area contributed by atoms with Crippen LogP contribution in [0.1, 0.15) is 166 Å². The Bertz CT molecular complexity index is 6930. The molecule has 8 bridgehead atoms. The lowest BCUT2D eigenvalue weighted by Gasteiger charge is -2.63. The second-order valence-corrected chi connectivity index (χ2v) is 43.2. The minimum absolute atomic E-state index is 0.120. The number of thiophene rings is 1. The van der Waals surface area contributed by atoms with Gasteiger partial charge in [0.15, 0.2) is 0 Å². The van der Waals surface area contributed by atoms with Crippen LogP contribution in [0.5, 0.6) is 0 Å². The van der Waals surface area contributed by atoms with Gasteiger partial charge in [0.2, 0.25) is 13.4 Å². The summed E-state index contributed by atoms with van der Waals surface area (Å²) in [6.45, 7) is 27.4. The Morgan fingerprint density at radius 3 is 0.939 bits per heavy atom. The number of pyridine rings is 2. The van der Waals surface area contributed by atoms with Crippen molar-refractivity contribution in [3.63, 3.8) is 0 Å². The molecule has 0 N–H and O–H groups in total. The largest absolute Gasteiger partial charge is 0.456 e. The molecule has 26 rings (SSSR count). The van der Waals surface area contributed by atoms with Crippen molar-refractivity contribution in [2.45, 2.75) is 182 Å². The Morgan fingerprint density at radius 2 is 0.553 bits per heavy atom. The molecule has 4 atom stereocenters. The highest BCUT2D eigenvalue weighted by molar-refractivity contribution is 7.25. The SMILES string of the molecule is Cc1cc(C)c(B(c2cccc(-c3cccc(-c4ccc(C56CC7CC(CC(c8ccc(-c9ccc%10oc%11ccccc%11c%10c9)cc8)(C7)C5)C6)cc4)n3)c2)c2c(C)cc(C)cc2C)c(C)c1.Cc1cc(C)c(B(c2cccc(-c3cccc(-c4ccc(C56CC7CC(CC(c8ccc(-c9ccc%10sc%11ccccc%11c%10c9)cc8)(C7)C5)C6)cc4)n3)c2)c2c(C)cc(C)cc2C)c(C)c1. The third kappa shape index (κ3) is 14.9. The van der Waals surface area contributed by atoms with Gasteiger partial charge in [-0.15, -0.1) is 11.3 Å². The van der Waals surface area contributed by atoms with E-state index < -0.39 is 0 Å². The summed E-state index contributed by atoms with van der Waals surface area (Å²) in [7, 11) is 0. The van der Waals surface area contributed by atoms with Crippen molar-refractivity contribution in [2.24, 2.45) is 23.7 Å². The molecule has 8 fully saturated rings. The lowest BCUT2D eigenvalue weighted by molar-refractivity contribution is -0.0282. The molecule has 648 valence electrons. The molecule has 132 heavy (non-hydrogen) atoms. The highest BCUT2D eigenvalue weighted by Crippen LogP contribution is 2.68. The first-order valence-corrected chi connectivity index (χ1v) is 49.6. The predicted molar refractivity (Wildman–Crippen MR) is 562 cm³/mol. The first-order valence-electron chi connectivity index (χ1n) is 48.8. The summed E-state index contributed by atoms with van der Waals surface area (Å²) in [6.07, 6.45) is 15.9. The van der Waals surface area contributed by atoms with Crippen molar-refractivity contribution >= 4 is 99.6 Å². The zero-order valence-corrected chi connectivity index (χ0v) is 79.5. The number of nitrogens with zero attached hydrogens (tertiary/aromatic N) is 2. The van der Waals surface area contributed by atoms with Crippen LogP contribution < -0.4 is 32.8 Å². The maximum Gasteiger partial charge on any atom is 0.242 e. The summed E-state index contributed by atoms with van der Waals surface area (Å²) >= 11 is 1.90. The minimum atomic E-state index is 0.120. The van der Waals surface area contributed by atoms with Gasteiger partial charge < -0.3 is 4.42 Å². The number of hydrogen-bond acceptors (Lipinski definition) is 4. The van der Waals surface area contributed by atoms with E-state index in [1.54, 1.807) is 11.1 Å². The number of furan rings is 1. The number of rotatable bonds is 16. The van der Waals surface area contributed by atoms with Crippen molar-refractivity contribution in [3.8, 4) is 67.3 Å². The second-order valence-electron chi connectivity index (χ2n) is 42.2. The molecule has 0 radical (unpaired) electrons. The fraction of sp³-hybridized carbons (Fsp3) is 0.254. The normalized spacial score (nSPS) is 20.9. The maximum absolute atomic E-state index is 6.14. The van der Waals surface area contributed by atoms with Crippen molar-refractivity contribution < 1.29 is 4.42 Å². The average Bonchev–Trinajstić information content (AvgIpc) is 1.12. The van der Waals surface area contributed by atoms with Gasteiger partial charge >= 0.3 is 0 Å². The first kappa shape index (κ1) is 83.8. The molecule has 8 aliphatic rings. The van der Waals surface area contributed by atoms with Crippen LogP contribution >= 0.6 is 11.3 Å². The van der Waals surface area contributed by atoms with Crippen LogP contribution in [-0.4, -0.2) is 23.4 Å². The van der Waals surface area contributed by atoms with Crippen LogP contribution in [0.2, 0.25) is 0 Å². The van der Waals surface area contributed by atoms with Crippen LogP contribution in [-0.2, 0) is 21.7 Å². The molecule has 6 heteroatoms. The van der Waals surface area contributed by atoms with Gasteiger partial charge in [-0.3, -0.25) is 0 Å². The molecule has 14 aromatic carbocycles. The van der Waals surface area contributed by atoms with E-state index in [4.69, 9.17) is 14.4 Å². The van der Waals surface area contributed by atoms with Gasteiger partial charge in [0.25, 0.3) is 0 Å². The Balaban J connectivity index is 0.000000150. The smallest absolute Gasteiger partial charge is 0.242 e. The lowest BCUT2D eigenvalue weighted by atomic mass is 9.34. The third-order valence-electron chi connectivity index (χ3n) is 32.8. The molecule has 8 saturated carbocycles. The number of aromatic nitrogens is 2. The molecule has 0 saturated heterocycles. The Hall–Kier alpha value is -12.5. The quantitative estimate of drug-likeness (QED) is 0.0905. The highest BCUT2D eigenvalue weighted by Gasteiger charge is 2.60. The standard InChI is InChI=1S/C63H58BNO.C63H58BNS/c2*1-39-27-41(3)60(42(4)28-39)64(61-43(5)29-40(2)30-44(61)6)53-12-9-11-50(32-53)57-15-10-14-56(65-57)48-19-24-52(25-20-48)63-36-45-31-46(37-63)35-62(34-45,38-63)51-22-17-47(18-23-51)49-21-26-59-55(33-49)54-13-7-8-16-58(54)66-59/h2*7-30,32-33,45-46H,31,34-38H2,1-6H3. The molecule has 8 aliphatic carbocycles. The summed E-state index contributed by atoms with van der Waals surface area (Å²) in [5.74, 6) is 3.17. The van der Waals surface area contributed by atoms with Crippen molar-refractivity contribution in [1.29, 1.82) is 0 Å². The van der Waals surface area contributed by atoms with Gasteiger partial charge in [0.05, 0.1) is 22.8 Å². The van der Waals surface area contributed by atoms with Gasteiger partial charge in [-0.25, -0.2) is 9.97 Å². The molecular weight excluding hydrogens is 1610 g/mol. The molecule has 18 aromatic rings. The van der Waals surface area contributed by atoms with Crippen molar-refractivity contribution in [1.82, 2.24) is 9.97 Å². The van der Waals surface area contributed by atoms with Crippen molar-refractivity contribution in [3.05, 3.63) is 404 Å². The third-order valence-corrected chi connectivity index (χ3v) is 33.9. The first-order chi connectivity index (χ1) is 64.0. The topological polar surface area (TPSA) is 38.9 Å². The van der Waals surface area contributed by atoms with Crippen LogP contribution in [0.25, 0.3) is 109 Å². The number of aryl methyl sites for hydroxylation is 12. The van der Waals surface area contributed by atoms with E-state index in [-0.39, 0.29) is 35.1 Å². The zero-order chi connectivity index (χ0) is 89.8. The molecular formula is C126H116B2N2OS. The van der Waals surface area contributed by atoms with Crippen LogP contribution in [0, 0.1) is 107 Å². The van der Waals surface area contributed by atoms with Gasteiger partial charge in [-0.2, -0.15) is 0 Å². The monoisotopic (exact) mass is 1730 g/mol. The molecule has 4 aromatic heterocycles. The van der Waals surface area contributed by atoms with E-state index in [1.807, 2.05) is 17.4 Å². The lowest BCUT2D eigenvalue weighted by Crippen LogP contribution is -2.55. The number of benzene rings is 14. The van der Waals surface area contributed by atoms with Crippen LogP contribution in [0.4, 0.5) is 0 Å². The summed E-state index contributed by atoms with van der Waals surface area (Å²) in [6, 6.07) is 120. The van der Waals surface area contributed by atoms with E-state index in [1.165, 1.54) is 252 Å². The van der Waals surface area contributed by atoms with Crippen LogP contribution in [0.3, 0.4) is 0 Å². The van der Waals surface area contributed by atoms with Gasteiger partial charge in [-0.1, -0.05) is 354 Å².